The van der Waals surface area contributed by atoms with E-state index in [9.17, 15) is 13.2 Å². The molecule has 1 fully saturated rings. The Kier molecular flexibility index (Phi) is 5.19. The minimum absolute atomic E-state index is 0.0601. The van der Waals surface area contributed by atoms with Crippen LogP contribution in [0.3, 0.4) is 0 Å². The number of H-pyrrole nitrogens is 1. The van der Waals surface area contributed by atoms with Crippen LogP contribution in [0.5, 0.6) is 0 Å². The van der Waals surface area contributed by atoms with E-state index < -0.39 is 10.0 Å². The minimum Gasteiger partial charge on any atom is -0.335 e. The molecule has 3 rings (SSSR count). The van der Waals surface area contributed by atoms with Gasteiger partial charge in [-0.1, -0.05) is 25.1 Å². The number of nitrogens with one attached hydrogen (secondary N) is 2. The number of para-hydroxylation sites is 1. The van der Waals surface area contributed by atoms with Crippen LogP contribution in [0, 0.1) is 5.92 Å². The highest BCUT2D eigenvalue weighted by Crippen LogP contribution is 2.24. The molecule has 0 spiro atoms. The summed E-state index contributed by atoms with van der Waals surface area (Å²) in [4.78, 5) is 19.0. The van der Waals surface area contributed by atoms with Crippen LogP contribution in [0.15, 0.2) is 41.8 Å². The van der Waals surface area contributed by atoms with Gasteiger partial charge in [-0.15, -0.1) is 0 Å². The lowest BCUT2D eigenvalue weighted by atomic mass is 9.98. The number of carbonyl (C=O) groups is 1. The molecule has 0 bridgehead atoms. The number of benzene rings is 1. The number of amides is 1. The van der Waals surface area contributed by atoms with Crippen LogP contribution in [-0.2, 0) is 21.2 Å². The summed E-state index contributed by atoms with van der Waals surface area (Å²) >= 11 is 0. The highest BCUT2D eigenvalue weighted by Gasteiger charge is 2.34. The molecular formula is C17H22N4O3S. The highest BCUT2D eigenvalue weighted by atomic mass is 32.2. The third kappa shape index (κ3) is 3.74. The number of aryl methyl sites for hydroxylation is 1. The first-order valence-electron chi connectivity index (χ1n) is 8.39. The maximum Gasteiger partial charge on any atom is 0.260 e. The lowest BCUT2D eigenvalue weighted by molar-refractivity contribution is -0.120. The van der Waals surface area contributed by atoms with Gasteiger partial charge in [-0.05, 0) is 30.9 Å². The second-order valence-electron chi connectivity index (χ2n) is 6.12. The first-order chi connectivity index (χ1) is 12.0. The van der Waals surface area contributed by atoms with Crippen molar-refractivity contribution in [3.8, 4) is 0 Å². The van der Waals surface area contributed by atoms with E-state index in [0.29, 0.717) is 19.4 Å². The molecule has 25 heavy (non-hydrogen) atoms. The lowest BCUT2D eigenvalue weighted by Gasteiger charge is -2.30. The zero-order valence-electron chi connectivity index (χ0n) is 14.1. The number of aromatic amines is 1. The van der Waals surface area contributed by atoms with Crippen molar-refractivity contribution in [2.75, 3.05) is 18.4 Å². The van der Waals surface area contributed by atoms with Crippen molar-refractivity contribution in [2.45, 2.75) is 31.2 Å². The average molecular weight is 362 g/mol. The Morgan fingerprint density at radius 3 is 2.92 bits per heavy atom. The first-order valence-corrected chi connectivity index (χ1v) is 9.83. The maximum atomic E-state index is 12.6. The van der Waals surface area contributed by atoms with E-state index in [1.165, 1.54) is 16.8 Å². The van der Waals surface area contributed by atoms with Crippen molar-refractivity contribution in [3.05, 3.63) is 42.4 Å². The molecule has 0 radical (unpaired) electrons. The van der Waals surface area contributed by atoms with Crippen molar-refractivity contribution in [1.82, 2.24) is 14.3 Å². The Bertz CT molecular complexity index is 833. The molecule has 1 aromatic carbocycles. The van der Waals surface area contributed by atoms with Crippen molar-refractivity contribution in [3.63, 3.8) is 0 Å². The van der Waals surface area contributed by atoms with Crippen molar-refractivity contribution < 1.29 is 13.2 Å². The summed E-state index contributed by atoms with van der Waals surface area (Å²) in [5.41, 5.74) is 1.86. The number of sulfonamides is 1. The molecule has 134 valence electrons. The standard InChI is InChI=1S/C17H22N4O3S/c1-2-13-6-3-4-8-15(13)20-17(22)14-7-5-9-21(11-14)25(23,24)16-10-18-12-19-16/h3-4,6,8,10,12,14H,2,5,7,9,11H2,1H3,(H,18,19)(H,20,22). The van der Waals surface area contributed by atoms with Crippen molar-refractivity contribution >= 4 is 21.6 Å². The second kappa shape index (κ2) is 7.37. The van der Waals surface area contributed by atoms with Gasteiger partial charge < -0.3 is 10.3 Å². The van der Waals surface area contributed by atoms with Gasteiger partial charge in [-0.25, -0.2) is 13.4 Å². The quantitative estimate of drug-likeness (QED) is 0.850. The molecule has 0 saturated carbocycles. The lowest BCUT2D eigenvalue weighted by Crippen LogP contribution is -2.43. The van der Waals surface area contributed by atoms with Gasteiger partial charge in [0.1, 0.15) is 0 Å². The molecule has 1 aliphatic heterocycles. The molecule has 1 atom stereocenters. The van der Waals surface area contributed by atoms with Gasteiger partial charge in [0.15, 0.2) is 5.03 Å². The van der Waals surface area contributed by atoms with Gasteiger partial charge in [-0.3, -0.25) is 4.79 Å². The minimum atomic E-state index is -3.64. The van der Waals surface area contributed by atoms with Gasteiger partial charge in [0.2, 0.25) is 5.91 Å². The monoisotopic (exact) mass is 362 g/mol. The van der Waals surface area contributed by atoms with Crippen LogP contribution in [0.1, 0.15) is 25.3 Å². The van der Waals surface area contributed by atoms with E-state index in [1.807, 2.05) is 31.2 Å². The number of nitrogens with zero attached hydrogens (tertiary/aromatic N) is 2. The molecule has 2 aromatic rings. The van der Waals surface area contributed by atoms with Gasteiger partial charge >= 0.3 is 0 Å². The normalized spacial score (nSPS) is 18.8. The summed E-state index contributed by atoms with van der Waals surface area (Å²) in [5.74, 6) is -0.498. The number of hydrogen-bond donors (Lipinski definition) is 2. The SMILES string of the molecule is CCc1ccccc1NC(=O)C1CCCN(S(=O)(=O)c2cnc[nH]2)C1. The summed E-state index contributed by atoms with van der Waals surface area (Å²) in [5, 5.41) is 3.02. The third-order valence-corrected chi connectivity index (χ3v) is 6.29. The number of rotatable bonds is 5. The molecule has 0 aliphatic carbocycles. The average Bonchev–Trinajstić information content (AvgIpc) is 3.18. The summed E-state index contributed by atoms with van der Waals surface area (Å²) in [6.45, 7) is 2.63. The third-order valence-electron chi connectivity index (χ3n) is 4.50. The van der Waals surface area contributed by atoms with Gasteiger partial charge in [0.05, 0.1) is 18.4 Å². The summed E-state index contributed by atoms with van der Waals surface area (Å²) < 4.78 is 26.6. The predicted molar refractivity (Wildman–Crippen MR) is 94.5 cm³/mol. The van der Waals surface area contributed by atoms with Gasteiger partial charge in [0, 0.05) is 18.8 Å². The Morgan fingerprint density at radius 1 is 1.40 bits per heavy atom. The molecule has 1 saturated heterocycles. The second-order valence-corrected chi connectivity index (χ2v) is 8.02. The number of anilines is 1. The number of carbonyl (C=O) groups excluding carboxylic acids is 1. The predicted octanol–water partition coefficient (Wildman–Crippen LogP) is 2.01. The number of piperidine rings is 1. The van der Waals surface area contributed by atoms with Crippen LogP contribution in [0.25, 0.3) is 0 Å². The van der Waals surface area contributed by atoms with Crippen molar-refractivity contribution in [1.29, 1.82) is 0 Å². The summed E-state index contributed by atoms with van der Waals surface area (Å²) in [6.07, 6.45) is 4.77. The van der Waals surface area contributed by atoms with E-state index in [0.717, 1.165) is 17.7 Å². The Morgan fingerprint density at radius 2 is 2.20 bits per heavy atom. The zero-order chi connectivity index (χ0) is 17.9. The molecule has 1 unspecified atom stereocenters. The van der Waals surface area contributed by atoms with E-state index in [4.69, 9.17) is 0 Å². The van der Waals surface area contributed by atoms with E-state index in [-0.39, 0.29) is 23.4 Å². The largest absolute Gasteiger partial charge is 0.335 e. The number of hydrogen-bond acceptors (Lipinski definition) is 4. The molecule has 1 aromatic heterocycles. The van der Waals surface area contributed by atoms with Gasteiger partial charge in [-0.2, -0.15) is 4.31 Å². The van der Waals surface area contributed by atoms with Crippen LogP contribution < -0.4 is 5.32 Å². The van der Waals surface area contributed by atoms with E-state index in [1.54, 1.807) is 0 Å². The smallest absolute Gasteiger partial charge is 0.260 e. The van der Waals surface area contributed by atoms with Crippen LogP contribution in [-0.4, -0.2) is 41.7 Å². The van der Waals surface area contributed by atoms with Crippen LogP contribution in [0.2, 0.25) is 0 Å². The van der Waals surface area contributed by atoms with Gasteiger partial charge in [0.25, 0.3) is 10.0 Å². The van der Waals surface area contributed by atoms with E-state index >= 15 is 0 Å². The molecule has 2 heterocycles. The fraction of sp³-hybridized carbons (Fsp3) is 0.412. The maximum absolute atomic E-state index is 12.6. The fourth-order valence-electron chi connectivity index (χ4n) is 3.08. The molecular weight excluding hydrogens is 340 g/mol. The van der Waals surface area contributed by atoms with Crippen LogP contribution >= 0.6 is 0 Å². The molecule has 1 aliphatic rings. The first kappa shape index (κ1) is 17.6. The number of aromatic nitrogens is 2. The van der Waals surface area contributed by atoms with Crippen LogP contribution in [0.4, 0.5) is 5.69 Å². The fourth-order valence-corrected chi connectivity index (χ4v) is 4.50. The zero-order valence-corrected chi connectivity index (χ0v) is 14.9. The Balaban J connectivity index is 1.72. The summed E-state index contributed by atoms with van der Waals surface area (Å²) in [7, 11) is -3.64. The molecule has 2 N–H and O–H groups in total. The summed E-state index contributed by atoms with van der Waals surface area (Å²) in [6, 6.07) is 7.67. The van der Waals surface area contributed by atoms with E-state index in [2.05, 4.69) is 15.3 Å². The molecule has 8 heteroatoms. The molecule has 7 nitrogen and oxygen atoms in total. The van der Waals surface area contributed by atoms with Crippen molar-refractivity contribution in [2.24, 2.45) is 5.92 Å². The Hall–Kier alpha value is -2.19. The molecule has 1 amide bonds. The highest BCUT2D eigenvalue weighted by molar-refractivity contribution is 7.89. The number of imidazole rings is 1. The Labute approximate surface area is 147 Å². The topological polar surface area (TPSA) is 95.2 Å².